The summed E-state index contributed by atoms with van der Waals surface area (Å²) >= 11 is 0. The van der Waals surface area contributed by atoms with Crippen molar-refractivity contribution in [2.75, 3.05) is 7.11 Å². The van der Waals surface area contributed by atoms with Crippen LogP contribution in [-0.4, -0.2) is 23.1 Å². The maximum Gasteiger partial charge on any atom is 0.247 e. The zero-order chi connectivity index (χ0) is 25.3. The Morgan fingerprint density at radius 2 is 1.56 bits per heavy atom. The van der Waals surface area contributed by atoms with Crippen molar-refractivity contribution >= 4 is 12.0 Å². The van der Waals surface area contributed by atoms with Gasteiger partial charge < -0.3 is 18.9 Å². The van der Waals surface area contributed by atoms with E-state index in [9.17, 15) is 4.79 Å². The first kappa shape index (κ1) is 24.8. The molecule has 4 rings (SSSR count). The number of amides is 1. The molecule has 6 heteroatoms. The van der Waals surface area contributed by atoms with Gasteiger partial charge in [0, 0.05) is 19.2 Å². The Kier molecular flexibility index (Phi) is 8.19. The molecule has 0 aliphatic heterocycles. The van der Waals surface area contributed by atoms with E-state index in [2.05, 4.69) is 5.16 Å². The van der Waals surface area contributed by atoms with Crippen molar-refractivity contribution in [3.8, 4) is 11.5 Å². The van der Waals surface area contributed by atoms with Crippen LogP contribution in [0.15, 0.2) is 89.5 Å². The summed E-state index contributed by atoms with van der Waals surface area (Å²) in [6.45, 7) is 5.13. The molecule has 0 aliphatic carbocycles. The quantitative estimate of drug-likeness (QED) is 0.255. The molecular weight excluding hydrogens is 452 g/mol. The highest BCUT2D eigenvalue weighted by atomic mass is 16.5. The zero-order valence-electron chi connectivity index (χ0n) is 20.8. The van der Waals surface area contributed by atoms with Crippen molar-refractivity contribution in [2.24, 2.45) is 0 Å². The van der Waals surface area contributed by atoms with Gasteiger partial charge in [-0.2, -0.15) is 0 Å². The second kappa shape index (κ2) is 11.9. The molecule has 0 radical (unpaired) electrons. The molecule has 36 heavy (non-hydrogen) atoms. The van der Waals surface area contributed by atoms with Crippen LogP contribution in [0, 0.1) is 13.8 Å². The molecule has 0 bridgehead atoms. The third-order valence-corrected chi connectivity index (χ3v) is 5.90. The first-order valence-corrected chi connectivity index (χ1v) is 11.8. The molecule has 0 N–H and O–H groups in total. The highest BCUT2D eigenvalue weighted by Crippen LogP contribution is 2.30. The SMILES string of the molecule is COc1cc(/C=C/C(=O)N(Cc2ccccc2)Cc2ccccc2)ccc1OCc1c(C)noc1C. The van der Waals surface area contributed by atoms with Crippen molar-refractivity contribution < 1.29 is 18.8 Å². The summed E-state index contributed by atoms with van der Waals surface area (Å²) in [5.74, 6) is 1.86. The molecule has 1 aromatic heterocycles. The van der Waals surface area contributed by atoms with Crippen molar-refractivity contribution in [1.82, 2.24) is 10.1 Å². The third-order valence-electron chi connectivity index (χ3n) is 5.90. The van der Waals surface area contributed by atoms with Gasteiger partial charge in [-0.3, -0.25) is 4.79 Å². The number of ether oxygens (including phenoxy) is 2. The van der Waals surface area contributed by atoms with Gasteiger partial charge in [0.05, 0.1) is 18.4 Å². The first-order valence-electron chi connectivity index (χ1n) is 11.8. The summed E-state index contributed by atoms with van der Waals surface area (Å²) in [6.07, 6.45) is 3.40. The number of aryl methyl sites for hydroxylation is 2. The Morgan fingerprint density at radius 1 is 0.917 bits per heavy atom. The van der Waals surface area contributed by atoms with E-state index in [1.165, 1.54) is 0 Å². The van der Waals surface area contributed by atoms with Crippen LogP contribution in [-0.2, 0) is 24.5 Å². The number of carbonyl (C=O) groups is 1. The van der Waals surface area contributed by atoms with E-state index in [1.54, 1.807) is 19.3 Å². The monoisotopic (exact) mass is 482 g/mol. The molecule has 0 fully saturated rings. The second-order valence-electron chi connectivity index (χ2n) is 8.50. The van der Waals surface area contributed by atoms with Gasteiger partial charge in [-0.25, -0.2) is 0 Å². The van der Waals surface area contributed by atoms with E-state index in [1.807, 2.05) is 97.6 Å². The molecule has 0 aliphatic rings. The Hall–Kier alpha value is -4.32. The van der Waals surface area contributed by atoms with E-state index in [4.69, 9.17) is 14.0 Å². The predicted molar refractivity (Wildman–Crippen MR) is 139 cm³/mol. The molecule has 4 aromatic rings. The standard InChI is InChI=1S/C30H30N2O4/c1-22-27(23(2)36-31-22)21-35-28-16-14-24(18-29(28)34-3)15-17-30(33)32(19-25-10-6-4-7-11-25)20-26-12-8-5-9-13-26/h4-18H,19-21H2,1-3H3/b17-15+. The van der Waals surface area contributed by atoms with Gasteiger partial charge in [0.2, 0.25) is 5.91 Å². The van der Waals surface area contributed by atoms with Crippen LogP contribution in [0.5, 0.6) is 11.5 Å². The van der Waals surface area contributed by atoms with Crippen molar-refractivity contribution in [2.45, 2.75) is 33.5 Å². The Labute approximate surface area is 211 Å². The zero-order valence-corrected chi connectivity index (χ0v) is 20.8. The van der Waals surface area contributed by atoms with Crippen LogP contribution in [0.3, 0.4) is 0 Å². The van der Waals surface area contributed by atoms with Gasteiger partial charge in [0.1, 0.15) is 12.4 Å². The minimum Gasteiger partial charge on any atom is -0.493 e. The Balaban J connectivity index is 1.47. The molecule has 0 spiro atoms. The molecule has 1 heterocycles. The number of hydrogen-bond acceptors (Lipinski definition) is 5. The average Bonchev–Trinajstić information content (AvgIpc) is 3.23. The summed E-state index contributed by atoms with van der Waals surface area (Å²) in [6, 6.07) is 25.6. The lowest BCUT2D eigenvalue weighted by Gasteiger charge is -2.21. The number of methoxy groups -OCH3 is 1. The fourth-order valence-electron chi connectivity index (χ4n) is 3.86. The molecule has 6 nitrogen and oxygen atoms in total. The predicted octanol–water partition coefficient (Wildman–Crippen LogP) is 6.12. The number of nitrogens with zero attached hydrogens (tertiary/aromatic N) is 2. The highest BCUT2D eigenvalue weighted by molar-refractivity contribution is 5.91. The van der Waals surface area contributed by atoms with Crippen LogP contribution in [0.1, 0.15) is 33.7 Å². The molecule has 0 saturated heterocycles. The smallest absolute Gasteiger partial charge is 0.247 e. The Morgan fingerprint density at radius 3 is 2.11 bits per heavy atom. The van der Waals surface area contributed by atoms with Crippen LogP contribution in [0.4, 0.5) is 0 Å². The van der Waals surface area contributed by atoms with Gasteiger partial charge >= 0.3 is 0 Å². The summed E-state index contributed by atoms with van der Waals surface area (Å²) in [7, 11) is 1.60. The fourth-order valence-corrected chi connectivity index (χ4v) is 3.86. The maximum atomic E-state index is 13.2. The summed E-state index contributed by atoms with van der Waals surface area (Å²) < 4.78 is 16.7. The normalized spacial score (nSPS) is 11.0. The van der Waals surface area contributed by atoms with Gasteiger partial charge in [-0.15, -0.1) is 0 Å². The van der Waals surface area contributed by atoms with Crippen molar-refractivity contribution in [3.05, 3.63) is 119 Å². The second-order valence-corrected chi connectivity index (χ2v) is 8.50. The van der Waals surface area contributed by atoms with Gasteiger partial charge in [-0.1, -0.05) is 71.9 Å². The molecule has 1 amide bonds. The average molecular weight is 483 g/mol. The van der Waals surface area contributed by atoms with Crippen LogP contribution in [0.2, 0.25) is 0 Å². The number of hydrogen-bond donors (Lipinski definition) is 0. The maximum absolute atomic E-state index is 13.2. The topological polar surface area (TPSA) is 64.8 Å². The molecular formula is C30H30N2O4. The molecule has 0 atom stereocenters. The van der Waals surface area contributed by atoms with Crippen LogP contribution < -0.4 is 9.47 Å². The van der Waals surface area contributed by atoms with Gasteiger partial charge in [0.15, 0.2) is 11.5 Å². The van der Waals surface area contributed by atoms with Crippen LogP contribution >= 0.6 is 0 Å². The van der Waals surface area contributed by atoms with E-state index in [0.717, 1.165) is 33.7 Å². The number of carbonyl (C=O) groups excluding carboxylic acids is 1. The molecule has 3 aromatic carbocycles. The highest BCUT2D eigenvalue weighted by Gasteiger charge is 2.14. The van der Waals surface area contributed by atoms with E-state index in [0.29, 0.717) is 31.2 Å². The van der Waals surface area contributed by atoms with Crippen molar-refractivity contribution in [3.63, 3.8) is 0 Å². The summed E-state index contributed by atoms with van der Waals surface area (Å²) in [5, 5.41) is 3.96. The molecule has 184 valence electrons. The molecule has 0 saturated carbocycles. The Bertz CT molecular complexity index is 1250. The lowest BCUT2D eigenvalue weighted by molar-refractivity contribution is -0.127. The summed E-state index contributed by atoms with van der Waals surface area (Å²) in [5.41, 5.74) is 4.72. The fraction of sp³-hybridized carbons (Fsp3) is 0.200. The first-order chi connectivity index (χ1) is 17.5. The van der Waals surface area contributed by atoms with Crippen LogP contribution in [0.25, 0.3) is 6.08 Å². The lowest BCUT2D eigenvalue weighted by atomic mass is 10.1. The lowest BCUT2D eigenvalue weighted by Crippen LogP contribution is -2.28. The van der Waals surface area contributed by atoms with E-state index < -0.39 is 0 Å². The minimum absolute atomic E-state index is 0.0691. The van der Waals surface area contributed by atoms with Gasteiger partial charge in [-0.05, 0) is 48.7 Å². The summed E-state index contributed by atoms with van der Waals surface area (Å²) in [4.78, 5) is 15.0. The van der Waals surface area contributed by atoms with Crippen molar-refractivity contribution in [1.29, 1.82) is 0 Å². The molecule has 0 unspecified atom stereocenters. The van der Waals surface area contributed by atoms with E-state index >= 15 is 0 Å². The number of rotatable bonds is 10. The van der Waals surface area contributed by atoms with E-state index in [-0.39, 0.29) is 5.91 Å². The largest absolute Gasteiger partial charge is 0.493 e. The minimum atomic E-state index is -0.0691. The number of aromatic nitrogens is 1. The number of benzene rings is 3. The third kappa shape index (κ3) is 6.42. The van der Waals surface area contributed by atoms with Gasteiger partial charge in [0.25, 0.3) is 0 Å².